The molecule has 1 heterocycles. The number of amides is 1. The summed E-state index contributed by atoms with van der Waals surface area (Å²) in [5.41, 5.74) is 7.09. The summed E-state index contributed by atoms with van der Waals surface area (Å²) in [6.07, 6.45) is 6.28. The predicted molar refractivity (Wildman–Crippen MR) is 78.4 cm³/mol. The summed E-state index contributed by atoms with van der Waals surface area (Å²) in [5.74, 6) is -0.179. The standard InChI is InChI=1S/C15H18N4O2/c20-13-5-3-12(4-6-13)18-19-15(21)10-1-2-11-8-16-9-17-14(11)7-10/h1-2,7-9,12-13,18,20H,3-6H2,(H,19,21). The Morgan fingerprint density at radius 1 is 1.24 bits per heavy atom. The van der Waals surface area contributed by atoms with E-state index in [2.05, 4.69) is 20.8 Å². The second-order valence-electron chi connectivity index (χ2n) is 5.40. The van der Waals surface area contributed by atoms with Gasteiger partial charge in [0.2, 0.25) is 0 Å². The molecule has 0 saturated heterocycles. The molecule has 6 heteroatoms. The van der Waals surface area contributed by atoms with Crippen molar-refractivity contribution in [2.24, 2.45) is 0 Å². The van der Waals surface area contributed by atoms with Crippen LogP contribution < -0.4 is 10.9 Å². The third-order valence-electron chi connectivity index (χ3n) is 3.86. The van der Waals surface area contributed by atoms with Crippen LogP contribution in [0.3, 0.4) is 0 Å². The third-order valence-corrected chi connectivity index (χ3v) is 3.86. The fourth-order valence-electron chi connectivity index (χ4n) is 2.57. The quantitative estimate of drug-likeness (QED) is 0.737. The molecule has 1 aromatic heterocycles. The van der Waals surface area contributed by atoms with Crippen molar-refractivity contribution in [3.05, 3.63) is 36.3 Å². The second-order valence-corrected chi connectivity index (χ2v) is 5.40. The summed E-state index contributed by atoms with van der Waals surface area (Å²) in [7, 11) is 0. The minimum atomic E-state index is -0.195. The number of nitrogens with zero attached hydrogens (tertiary/aromatic N) is 2. The smallest absolute Gasteiger partial charge is 0.265 e. The highest BCUT2D eigenvalue weighted by molar-refractivity contribution is 5.97. The van der Waals surface area contributed by atoms with E-state index in [0.717, 1.165) is 36.6 Å². The Balaban J connectivity index is 1.61. The molecule has 0 bridgehead atoms. The number of carbonyl (C=O) groups is 1. The Bertz CT molecular complexity index is 638. The fraction of sp³-hybridized carbons (Fsp3) is 0.400. The number of hydrazine groups is 1. The van der Waals surface area contributed by atoms with E-state index in [0.29, 0.717) is 5.56 Å². The van der Waals surface area contributed by atoms with E-state index in [9.17, 15) is 9.90 Å². The van der Waals surface area contributed by atoms with Gasteiger partial charge in [0.25, 0.3) is 5.91 Å². The van der Waals surface area contributed by atoms with Gasteiger partial charge in [0.05, 0.1) is 11.6 Å². The number of rotatable bonds is 3. The number of fused-ring (bicyclic) bond motifs is 1. The molecular weight excluding hydrogens is 268 g/mol. The van der Waals surface area contributed by atoms with Crippen LogP contribution in [0.15, 0.2) is 30.7 Å². The van der Waals surface area contributed by atoms with Crippen molar-refractivity contribution < 1.29 is 9.90 Å². The van der Waals surface area contributed by atoms with E-state index in [1.54, 1.807) is 18.3 Å². The van der Waals surface area contributed by atoms with Gasteiger partial charge in [-0.25, -0.2) is 15.4 Å². The molecule has 21 heavy (non-hydrogen) atoms. The van der Waals surface area contributed by atoms with Gasteiger partial charge in [-0.1, -0.05) is 6.07 Å². The van der Waals surface area contributed by atoms with Gasteiger partial charge in [0.1, 0.15) is 6.33 Å². The number of aliphatic hydroxyl groups is 1. The van der Waals surface area contributed by atoms with Crippen molar-refractivity contribution in [1.29, 1.82) is 0 Å². The van der Waals surface area contributed by atoms with Crippen LogP contribution in [0, 0.1) is 0 Å². The van der Waals surface area contributed by atoms with Crippen LogP contribution in [0.4, 0.5) is 0 Å². The average molecular weight is 286 g/mol. The molecule has 0 atom stereocenters. The van der Waals surface area contributed by atoms with Gasteiger partial charge in [-0.05, 0) is 37.8 Å². The van der Waals surface area contributed by atoms with E-state index in [-0.39, 0.29) is 18.1 Å². The van der Waals surface area contributed by atoms with E-state index >= 15 is 0 Å². The van der Waals surface area contributed by atoms with E-state index < -0.39 is 0 Å². The minimum Gasteiger partial charge on any atom is -0.393 e. The zero-order valence-corrected chi connectivity index (χ0v) is 11.6. The first-order valence-corrected chi connectivity index (χ1v) is 7.16. The van der Waals surface area contributed by atoms with Gasteiger partial charge in [0.15, 0.2) is 0 Å². The molecule has 0 aliphatic heterocycles. The summed E-state index contributed by atoms with van der Waals surface area (Å²) < 4.78 is 0. The molecule has 1 aliphatic rings. The van der Waals surface area contributed by atoms with Crippen molar-refractivity contribution in [2.75, 3.05) is 0 Å². The monoisotopic (exact) mass is 286 g/mol. The molecule has 110 valence electrons. The van der Waals surface area contributed by atoms with Gasteiger partial charge in [0, 0.05) is 23.2 Å². The Kier molecular flexibility index (Phi) is 4.08. The van der Waals surface area contributed by atoms with Gasteiger partial charge >= 0.3 is 0 Å². The van der Waals surface area contributed by atoms with Gasteiger partial charge < -0.3 is 5.11 Å². The van der Waals surface area contributed by atoms with Crippen LogP contribution in [0.1, 0.15) is 36.0 Å². The largest absolute Gasteiger partial charge is 0.393 e. The highest BCUT2D eigenvalue weighted by Crippen LogP contribution is 2.18. The molecule has 6 nitrogen and oxygen atoms in total. The highest BCUT2D eigenvalue weighted by Gasteiger charge is 2.19. The molecule has 1 saturated carbocycles. The molecule has 1 aliphatic carbocycles. The minimum absolute atomic E-state index is 0.179. The first-order chi connectivity index (χ1) is 10.2. The Morgan fingerprint density at radius 3 is 2.86 bits per heavy atom. The lowest BCUT2D eigenvalue weighted by atomic mass is 9.94. The zero-order valence-electron chi connectivity index (χ0n) is 11.6. The highest BCUT2D eigenvalue weighted by atomic mass is 16.3. The van der Waals surface area contributed by atoms with Crippen LogP contribution >= 0.6 is 0 Å². The molecule has 1 fully saturated rings. The Labute approximate surface area is 122 Å². The number of benzene rings is 1. The molecule has 3 rings (SSSR count). The van der Waals surface area contributed by atoms with Crippen molar-refractivity contribution in [2.45, 2.75) is 37.8 Å². The summed E-state index contributed by atoms with van der Waals surface area (Å²) in [5, 5.41) is 10.4. The fourth-order valence-corrected chi connectivity index (χ4v) is 2.57. The SMILES string of the molecule is O=C(NNC1CCC(O)CC1)c1ccc2cncnc2c1. The number of carbonyl (C=O) groups excluding carboxylic acids is 1. The van der Waals surface area contributed by atoms with Gasteiger partial charge in [-0.15, -0.1) is 0 Å². The molecule has 1 amide bonds. The van der Waals surface area contributed by atoms with E-state index in [1.807, 2.05) is 6.07 Å². The first-order valence-electron chi connectivity index (χ1n) is 7.16. The van der Waals surface area contributed by atoms with Crippen LogP contribution in [-0.4, -0.2) is 33.1 Å². The van der Waals surface area contributed by atoms with Crippen LogP contribution in [0.2, 0.25) is 0 Å². The summed E-state index contributed by atoms with van der Waals surface area (Å²) in [4.78, 5) is 20.2. The molecular formula is C15H18N4O2. The summed E-state index contributed by atoms with van der Waals surface area (Å²) >= 11 is 0. The Hall–Kier alpha value is -2.05. The van der Waals surface area contributed by atoms with Crippen molar-refractivity contribution in [3.63, 3.8) is 0 Å². The Morgan fingerprint density at radius 2 is 2.05 bits per heavy atom. The molecule has 0 radical (unpaired) electrons. The second kappa shape index (κ2) is 6.15. The van der Waals surface area contributed by atoms with Crippen LogP contribution in [0.25, 0.3) is 10.9 Å². The summed E-state index contributed by atoms with van der Waals surface area (Å²) in [6, 6.07) is 5.56. The van der Waals surface area contributed by atoms with Gasteiger partial charge in [-0.2, -0.15) is 0 Å². The van der Waals surface area contributed by atoms with E-state index in [1.165, 1.54) is 6.33 Å². The first kappa shape index (κ1) is 13.9. The molecule has 0 spiro atoms. The lowest BCUT2D eigenvalue weighted by molar-refractivity contribution is 0.0887. The maximum absolute atomic E-state index is 12.1. The zero-order chi connectivity index (χ0) is 14.7. The summed E-state index contributed by atoms with van der Waals surface area (Å²) in [6.45, 7) is 0. The molecule has 0 unspecified atom stereocenters. The maximum Gasteiger partial charge on any atom is 0.265 e. The topological polar surface area (TPSA) is 87.1 Å². The molecule has 1 aromatic carbocycles. The van der Waals surface area contributed by atoms with Crippen molar-refractivity contribution in [3.8, 4) is 0 Å². The van der Waals surface area contributed by atoms with E-state index in [4.69, 9.17) is 0 Å². The van der Waals surface area contributed by atoms with Gasteiger partial charge in [-0.3, -0.25) is 10.2 Å². The maximum atomic E-state index is 12.1. The predicted octanol–water partition coefficient (Wildman–Crippen LogP) is 1.17. The number of aliphatic hydroxyl groups excluding tert-OH is 1. The normalized spacial score (nSPS) is 22.1. The number of hydrogen-bond donors (Lipinski definition) is 3. The average Bonchev–Trinajstić information content (AvgIpc) is 2.53. The lowest BCUT2D eigenvalue weighted by Gasteiger charge is -2.26. The lowest BCUT2D eigenvalue weighted by Crippen LogP contribution is -2.46. The van der Waals surface area contributed by atoms with Crippen molar-refractivity contribution >= 4 is 16.8 Å². The van der Waals surface area contributed by atoms with Crippen molar-refractivity contribution in [1.82, 2.24) is 20.8 Å². The molecule has 2 aromatic rings. The van der Waals surface area contributed by atoms with Crippen LogP contribution in [0.5, 0.6) is 0 Å². The number of nitrogens with one attached hydrogen (secondary N) is 2. The number of aromatic nitrogens is 2. The third kappa shape index (κ3) is 3.34. The number of hydrogen-bond acceptors (Lipinski definition) is 5. The van der Waals surface area contributed by atoms with Crippen LogP contribution in [-0.2, 0) is 0 Å². The molecule has 3 N–H and O–H groups in total.